The number of carbonyl (C=O) groups is 1. The van der Waals surface area contributed by atoms with Gasteiger partial charge in [0.2, 0.25) is 5.91 Å². The van der Waals surface area contributed by atoms with Crippen LogP contribution in [0.1, 0.15) is 56.7 Å². The van der Waals surface area contributed by atoms with E-state index in [-0.39, 0.29) is 29.6 Å². The van der Waals surface area contributed by atoms with Gasteiger partial charge >= 0.3 is 0 Å². The molecule has 1 unspecified atom stereocenters. The van der Waals surface area contributed by atoms with E-state index in [0.717, 1.165) is 31.2 Å². The summed E-state index contributed by atoms with van der Waals surface area (Å²) in [5.41, 5.74) is 1.52. The number of carbonyl (C=O) groups excluding carboxylic acids is 1. The SMILES string of the molecule is CC(NC(=O)CSc1nnc(-c2ccccc2F)n1C1CCCCC1)c1ccccc1. The average Bonchev–Trinajstić information content (AvgIpc) is 3.23. The number of rotatable bonds is 7. The maximum Gasteiger partial charge on any atom is 0.230 e. The highest BCUT2D eigenvalue weighted by Crippen LogP contribution is 2.36. The summed E-state index contributed by atoms with van der Waals surface area (Å²) in [5.74, 6) is 0.412. The number of nitrogens with one attached hydrogen (secondary N) is 1. The third-order valence-corrected chi connectivity index (χ3v) is 6.67. The van der Waals surface area contributed by atoms with Crippen LogP contribution in [-0.2, 0) is 4.79 Å². The van der Waals surface area contributed by atoms with Crippen LogP contribution in [0, 0.1) is 5.82 Å². The van der Waals surface area contributed by atoms with Gasteiger partial charge in [0.25, 0.3) is 0 Å². The number of nitrogens with zero attached hydrogens (tertiary/aromatic N) is 3. The molecule has 1 aliphatic rings. The maximum absolute atomic E-state index is 14.5. The van der Waals surface area contributed by atoms with Crippen molar-refractivity contribution in [2.75, 3.05) is 5.75 Å². The second-order valence-electron chi connectivity index (χ2n) is 7.94. The molecule has 162 valence electrons. The fraction of sp³-hybridized carbons (Fsp3) is 0.375. The predicted molar refractivity (Wildman–Crippen MR) is 121 cm³/mol. The van der Waals surface area contributed by atoms with E-state index in [2.05, 4.69) is 20.1 Å². The highest BCUT2D eigenvalue weighted by atomic mass is 32.2. The zero-order chi connectivity index (χ0) is 21.6. The Bertz CT molecular complexity index is 1020. The van der Waals surface area contributed by atoms with Crippen LogP contribution in [-0.4, -0.2) is 26.4 Å². The third kappa shape index (κ3) is 5.15. The van der Waals surface area contributed by atoms with Crippen molar-refractivity contribution < 1.29 is 9.18 Å². The van der Waals surface area contributed by atoms with E-state index < -0.39 is 0 Å². The molecule has 1 fully saturated rings. The van der Waals surface area contributed by atoms with Crippen molar-refractivity contribution in [1.29, 1.82) is 0 Å². The first-order valence-corrected chi connectivity index (χ1v) is 11.8. The van der Waals surface area contributed by atoms with Crippen molar-refractivity contribution in [2.45, 2.75) is 56.3 Å². The van der Waals surface area contributed by atoms with Gasteiger partial charge in [0.1, 0.15) is 5.82 Å². The Hall–Kier alpha value is -2.67. The number of halogens is 1. The molecule has 0 saturated heterocycles. The van der Waals surface area contributed by atoms with Crippen LogP contribution in [0.3, 0.4) is 0 Å². The second kappa shape index (κ2) is 10.1. The summed E-state index contributed by atoms with van der Waals surface area (Å²) in [6.07, 6.45) is 5.53. The van der Waals surface area contributed by atoms with E-state index in [1.807, 2.05) is 43.3 Å². The van der Waals surface area contributed by atoms with Crippen molar-refractivity contribution in [3.8, 4) is 11.4 Å². The zero-order valence-corrected chi connectivity index (χ0v) is 18.4. The number of thioether (sulfide) groups is 1. The minimum Gasteiger partial charge on any atom is -0.349 e. The highest BCUT2D eigenvalue weighted by Gasteiger charge is 2.25. The Labute approximate surface area is 186 Å². The zero-order valence-electron chi connectivity index (χ0n) is 17.6. The van der Waals surface area contributed by atoms with Gasteiger partial charge in [-0.3, -0.25) is 9.36 Å². The van der Waals surface area contributed by atoms with Crippen LogP contribution in [0.2, 0.25) is 0 Å². The van der Waals surface area contributed by atoms with Crippen LogP contribution in [0.15, 0.2) is 59.8 Å². The van der Waals surface area contributed by atoms with Gasteiger partial charge < -0.3 is 5.32 Å². The molecule has 0 spiro atoms. The number of hydrogen-bond acceptors (Lipinski definition) is 4. The summed E-state index contributed by atoms with van der Waals surface area (Å²) in [6, 6.07) is 16.7. The van der Waals surface area contributed by atoms with Crippen molar-refractivity contribution in [1.82, 2.24) is 20.1 Å². The number of aromatic nitrogens is 3. The lowest BCUT2D eigenvalue weighted by Crippen LogP contribution is -2.28. The molecule has 2 aromatic carbocycles. The van der Waals surface area contributed by atoms with Gasteiger partial charge in [0.05, 0.1) is 17.4 Å². The highest BCUT2D eigenvalue weighted by molar-refractivity contribution is 7.99. The lowest BCUT2D eigenvalue weighted by atomic mass is 9.95. The second-order valence-corrected chi connectivity index (χ2v) is 8.88. The van der Waals surface area contributed by atoms with Gasteiger partial charge in [-0.15, -0.1) is 10.2 Å². The predicted octanol–water partition coefficient (Wildman–Crippen LogP) is 5.56. The molecule has 4 rings (SSSR count). The number of benzene rings is 2. The van der Waals surface area contributed by atoms with Crippen molar-refractivity contribution in [2.24, 2.45) is 0 Å². The van der Waals surface area contributed by atoms with Gasteiger partial charge in [0, 0.05) is 6.04 Å². The molecule has 1 heterocycles. The molecule has 1 N–H and O–H groups in total. The summed E-state index contributed by atoms with van der Waals surface area (Å²) in [6.45, 7) is 1.97. The van der Waals surface area contributed by atoms with E-state index in [1.165, 1.54) is 24.2 Å². The van der Waals surface area contributed by atoms with Crippen LogP contribution >= 0.6 is 11.8 Å². The van der Waals surface area contributed by atoms with E-state index in [4.69, 9.17) is 0 Å². The molecule has 5 nitrogen and oxygen atoms in total. The van der Waals surface area contributed by atoms with Gasteiger partial charge in [0.15, 0.2) is 11.0 Å². The Morgan fingerprint density at radius 3 is 2.55 bits per heavy atom. The molecule has 0 bridgehead atoms. The maximum atomic E-state index is 14.5. The topological polar surface area (TPSA) is 59.8 Å². The Morgan fingerprint density at radius 2 is 1.81 bits per heavy atom. The van der Waals surface area contributed by atoms with Crippen molar-refractivity contribution in [3.63, 3.8) is 0 Å². The van der Waals surface area contributed by atoms with Gasteiger partial charge in [-0.05, 0) is 37.5 Å². The molecule has 1 atom stereocenters. The minimum atomic E-state index is -0.307. The fourth-order valence-corrected chi connectivity index (χ4v) is 4.93. The summed E-state index contributed by atoms with van der Waals surface area (Å²) >= 11 is 1.36. The summed E-state index contributed by atoms with van der Waals surface area (Å²) < 4.78 is 16.6. The standard InChI is InChI=1S/C24H27FN4OS/c1-17(18-10-4-2-5-11-18)26-22(30)16-31-24-28-27-23(20-14-8-9-15-21(20)25)29(24)19-12-6-3-7-13-19/h2,4-5,8-11,14-15,17,19H,3,6-7,12-13,16H2,1H3,(H,26,30). The van der Waals surface area contributed by atoms with Crippen LogP contribution < -0.4 is 5.32 Å². The normalized spacial score (nSPS) is 15.5. The third-order valence-electron chi connectivity index (χ3n) is 5.73. The largest absolute Gasteiger partial charge is 0.349 e. The molecule has 31 heavy (non-hydrogen) atoms. The Morgan fingerprint density at radius 1 is 1.10 bits per heavy atom. The van der Waals surface area contributed by atoms with Gasteiger partial charge in [-0.25, -0.2) is 4.39 Å². The monoisotopic (exact) mass is 438 g/mol. The molecule has 0 aliphatic heterocycles. The van der Waals surface area contributed by atoms with Crippen LogP contribution in [0.4, 0.5) is 4.39 Å². The molecule has 7 heteroatoms. The molecular formula is C24H27FN4OS. The fourth-order valence-electron chi connectivity index (χ4n) is 4.11. The molecule has 3 aromatic rings. The first-order chi connectivity index (χ1) is 15.1. The lowest BCUT2D eigenvalue weighted by Gasteiger charge is -2.25. The van der Waals surface area contributed by atoms with Crippen LogP contribution in [0.25, 0.3) is 11.4 Å². The first-order valence-electron chi connectivity index (χ1n) is 10.8. The van der Waals surface area contributed by atoms with E-state index in [0.29, 0.717) is 16.5 Å². The Kier molecular flexibility index (Phi) is 7.02. The van der Waals surface area contributed by atoms with Crippen molar-refractivity contribution >= 4 is 17.7 Å². The first kappa shape index (κ1) is 21.6. The molecule has 1 amide bonds. The molecule has 1 aromatic heterocycles. The molecule has 1 saturated carbocycles. The minimum absolute atomic E-state index is 0.0630. The summed E-state index contributed by atoms with van der Waals surface area (Å²) in [7, 11) is 0. The lowest BCUT2D eigenvalue weighted by molar-refractivity contribution is -0.119. The average molecular weight is 439 g/mol. The van der Waals surface area contributed by atoms with E-state index in [9.17, 15) is 9.18 Å². The summed E-state index contributed by atoms with van der Waals surface area (Å²) in [5, 5.41) is 12.4. The summed E-state index contributed by atoms with van der Waals surface area (Å²) in [4.78, 5) is 12.6. The number of amides is 1. The van der Waals surface area contributed by atoms with E-state index in [1.54, 1.807) is 12.1 Å². The molecule has 0 radical (unpaired) electrons. The number of hydrogen-bond donors (Lipinski definition) is 1. The molecule has 1 aliphatic carbocycles. The van der Waals surface area contributed by atoms with Crippen LogP contribution in [0.5, 0.6) is 0 Å². The van der Waals surface area contributed by atoms with Crippen molar-refractivity contribution in [3.05, 3.63) is 66.0 Å². The van der Waals surface area contributed by atoms with Gasteiger partial charge in [-0.1, -0.05) is 73.5 Å². The quantitative estimate of drug-likeness (QED) is 0.491. The molecular weight excluding hydrogens is 411 g/mol. The van der Waals surface area contributed by atoms with E-state index >= 15 is 0 Å². The van der Waals surface area contributed by atoms with Gasteiger partial charge in [-0.2, -0.15) is 0 Å². The Balaban J connectivity index is 1.51. The smallest absolute Gasteiger partial charge is 0.230 e.